The number of benzene rings is 2. The van der Waals surface area contributed by atoms with Crippen LogP contribution in [0.25, 0.3) is 0 Å². The second-order valence-electron chi connectivity index (χ2n) is 6.97. The third-order valence-electron chi connectivity index (χ3n) is 4.43. The molecule has 2 aromatic carbocycles. The van der Waals surface area contributed by atoms with Crippen molar-refractivity contribution in [1.29, 1.82) is 5.41 Å². The van der Waals surface area contributed by atoms with Gasteiger partial charge in [0.1, 0.15) is 18.2 Å². The molecule has 1 atom stereocenters. The summed E-state index contributed by atoms with van der Waals surface area (Å²) in [6.07, 6.45) is -0.794. The number of aliphatic carboxylic acids is 1. The van der Waals surface area contributed by atoms with Crippen molar-refractivity contribution in [3.05, 3.63) is 65.2 Å². The van der Waals surface area contributed by atoms with Gasteiger partial charge in [0.2, 0.25) is 0 Å². The predicted octanol–water partition coefficient (Wildman–Crippen LogP) is 1.85. The topological polar surface area (TPSA) is 164 Å². The average molecular weight is 471 g/mol. The van der Waals surface area contributed by atoms with E-state index in [0.29, 0.717) is 16.9 Å². The number of carboxylic acids is 1. The number of nitrogens with one attached hydrogen (secondary N) is 3. The number of hydrogen-bond donors (Lipinski definition) is 4. The van der Waals surface area contributed by atoms with Gasteiger partial charge in [-0.15, -0.1) is 0 Å². The molecule has 0 aliphatic rings. The molecule has 0 spiro atoms. The minimum atomic E-state index is -1.11. The number of methoxy groups -OCH3 is 1. The Morgan fingerprint density at radius 1 is 0.941 bits per heavy atom. The second-order valence-corrected chi connectivity index (χ2v) is 6.97. The van der Waals surface area contributed by atoms with Crippen LogP contribution in [0.4, 0.5) is 4.79 Å². The molecule has 11 heteroatoms. The van der Waals surface area contributed by atoms with E-state index in [1.54, 1.807) is 0 Å². The number of ketones is 1. The number of hydrogen-bond acceptors (Lipinski definition) is 8. The Hall–Kier alpha value is -4.25. The fraction of sp³-hybridized carbons (Fsp3) is 0.261. The Labute approximate surface area is 195 Å². The lowest BCUT2D eigenvalue weighted by Gasteiger charge is -2.14. The zero-order valence-corrected chi connectivity index (χ0v) is 18.6. The summed E-state index contributed by atoms with van der Waals surface area (Å²) >= 11 is 0. The van der Waals surface area contributed by atoms with Crippen LogP contribution in [0.3, 0.4) is 0 Å². The molecule has 2 amide bonds. The van der Waals surface area contributed by atoms with E-state index < -0.39 is 30.6 Å². The second kappa shape index (κ2) is 12.7. The van der Waals surface area contributed by atoms with Gasteiger partial charge in [0.05, 0.1) is 12.6 Å². The highest BCUT2D eigenvalue weighted by Crippen LogP contribution is 2.14. The third kappa shape index (κ3) is 8.02. The maximum Gasteiger partial charge on any atom is 0.412 e. The summed E-state index contributed by atoms with van der Waals surface area (Å²) in [6.45, 7) is 1.33. The van der Waals surface area contributed by atoms with Crippen molar-refractivity contribution in [2.45, 2.75) is 13.0 Å². The molecule has 34 heavy (non-hydrogen) atoms. The van der Waals surface area contributed by atoms with Gasteiger partial charge in [0.15, 0.2) is 12.4 Å². The quantitative estimate of drug-likeness (QED) is 0.167. The molecule has 0 aliphatic carbocycles. The van der Waals surface area contributed by atoms with Crippen molar-refractivity contribution in [3.63, 3.8) is 0 Å². The molecule has 2 aromatic rings. The van der Waals surface area contributed by atoms with Crippen LogP contribution in [-0.2, 0) is 14.3 Å². The molecular formula is C23H25N3O8. The van der Waals surface area contributed by atoms with Crippen molar-refractivity contribution >= 4 is 29.6 Å². The van der Waals surface area contributed by atoms with E-state index >= 15 is 0 Å². The lowest BCUT2D eigenvalue weighted by Crippen LogP contribution is -2.38. The molecule has 0 bridgehead atoms. The highest BCUT2D eigenvalue weighted by atomic mass is 16.6. The average Bonchev–Trinajstić information content (AvgIpc) is 2.82. The standard InChI is InChI=1S/C23H25N3O8/c1-14(20(29)15-7-9-18(10-8-15)34-13-19(27)28)25-22(30)17-5-3-16(4-6-17)21(24)26-23(31)33-12-11-32-2/h3-10,14H,11-13H2,1-2H3,(H,25,30)(H,27,28)(H2,24,26,31)/t14-/m0/s1. The van der Waals surface area contributed by atoms with Crippen LogP contribution in [0.15, 0.2) is 48.5 Å². The highest BCUT2D eigenvalue weighted by Gasteiger charge is 2.19. The summed E-state index contributed by atoms with van der Waals surface area (Å²) in [5.74, 6) is -1.84. The Balaban J connectivity index is 1.90. The van der Waals surface area contributed by atoms with Gasteiger partial charge in [-0.3, -0.25) is 20.3 Å². The molecule has 0 heterocycles. The van der Waals surface area contributed by atoms with Gasteiger partial charge in [-0.05, 0) is 43.3 Å². The van der Waals surface area contributed by atoms with Gasteiger partial charge in [0, 0.05) is 23.8 Å². The van der Waals surface area contributed by atoms with Crippen molar-refractivity contribution in [1.82, 2.24) is 10.6 Å². The van der Waals surface area contributed by atoms with Crippen LogP contribution < -0.4 is 15.4 Å². The molecule has 4 N–H and O–H groups in total. The van der Waals surface area contributed by atoms with Gasteiger partial charge < -0.3 is 24.6 Å². The van der Waals surface area contributed by atoms with Crippen LogP contribution in [0.5, 0.6) is 5.75 Å². The summed E-state index contributed by atoms with van der Waals surface area (Å²) in [4.78, 5) is 47.2. The molecule has 0 aliphatic heterocycles. The minimum absolute atomic E-state index is 0.0499. The number of rotatable bonds is 11. The fourth-order valence-electron chi connectivity index (χ4n) is 2.67. The molecule has 0 unspecified atom stereocenters. The number of alkyl carbamates (subject to hydrolysis) is 1. The van der Waals surface area contributed by atoms with Crippen molar-refractivity contribution in [2.75, 3.05) is 26.9 Å². The van der Waals surface area contributed by atoms with E-state index in [-0.39, 0.29) is 30.4 Å². The lowest BCUT2D eigenvalue weighted by molar-refractivity contribution is -0.139. The molecule has 0 radical (unpaired) electrons. The number of carboxylic acid groups (broad SMARTS) is 1. The van der Waals surface area contributed by atoms with E-state index in [1.807, 2.05) is 0 Å². The van der Waals surface area contributed by atoms with Gasteiger partial charge in [0.25, 0.3) is 5.91 Å². The largest absolute Gasteiger partial charge is 0.482 e. The van der Waals surface area contributed by atoms with E-state index in [9.17, 15) is 19.2 Å². The summed E-state index contributed by atoms with van der Waals surface area (Å²) in [5, 5.41) is 21.4. The molecule has 0 saturated heterocycles. The molecule has 2 rings (SSSR count). The van der Waals surface area contributed by atoms with Gasteiger partial charge in [-0.25, -0.2) is 9.59 Å². The Bertz CT molecular complexity index is 1040. The van der Waals surface area contributed by atoms with Crippen LogP contribution in [0.1, 0.15) is 33.2 Å². The first-order valence-corrected chi connectivity index (χ1v) is 10.1. The van der Waals surface area contributed by atoms with E-state index in [1.165, 1.54) is 62.6 Å². The van der Waals surface area contributed by atoms with Gasteiger partial charge in [-0.2, -0.15) is 0 Å². The van der Waals surface area contributed by atoms with E-state index in [0.717, 1.165) is 0 Å². The smallest absolute Gasteiger partial charge is 0.412 e. The first kappa shape index (κ1) is 26.0. The number of carbonyl (C=O) groups is 4. The van der Waals surface area contributed by atoms with Crippen LogP contribution >= 0.6 is 0 Å². The zero-order valence-electron chi connectivity index (χ0n) is 18.6. The first-order chi connectivity index (χ1) is 16.2. The normalized spacial score (nSPS) is 11.1. The van der Waals surface area contributed by atoms with Crippen molar-refractivity contribution in [3.8, 4) is 5.75 Å². The van der Waals surface area contributed by atoms with Crippen LogP contribution in [0, 0.1) is 5.41 Å². The van der Waals surface area contributed by atoms with Crippen LogP contribution in [0.2, 0.25) is 0 Å². The lowest BCUT2D eigenvalue weighted by atomic mass is 10.0. The minimum Gasteiger partial charge on any atom is -0.482 e. The number of amidine groups is 1. The van der Waals surface area contributed by atoms with E-state index in [4.69, 9.17) is 24.7 Å². The monoisotopic (exact) mass is 471 g/mol. The van der Waals surface area contributed by atoms with E-state index in [2.05, 4.69) is 10.6 Å². The number of ether oxygens (including phenoxy) is 3. The highest BCUT2D eigenvalue weighted by molar-refractivity contribution is 6.06. The maximum atomic E-state index is 12.6. The fourth-order valence-corrected chi connectivity index (χ4v) is 2.67. The maximum absolute atomic E-state index is 12.6. The summed E-state index contributed by atoms with van der Waals surface area (Å²) < 4.78 is 14.6. The summed E-state index contributed by atoms with van der Waals surface area (Å²) in [6, 6.07) is 11.0. The van der Waals surface area contributed by atoms with Crippen molar-refractivity contribution < 1.29 is 38.5 Å². The first-order valence-electron chi connectivity index (χ1n) is 10.1. The van der Waals surface area contributed by atoms with Crippen molar-refractivity contribution in [2.24, 2.45) is 0 Å². The molecular weight excluding hydrogens is 446 g/mol. The molecule has 180 valence electrons. The Morgan fingerprint density at radius 3 is 2.12 bits per heavy atom. The Kier molecular flexibility index (Phi) is 9.72. The molecule has 0 aromatic heterocycles. The third-order valence-corrected chi connectivity index (χ3v) is 4.43. The SMILES string of the molecule is COCCOC(=O)NC(=N)c1ccc(C(=O)N[C@@H](C)C(=O)c2ccc(OCC(=O)O)cc2)cc1. The number of Topliss-reactive ketones (excluding diaryl/α,β-unsaturated/α-hetero) is 1. The van der Waals surface area contributed by atoms with Crippen LogP contribution in [-0.4, -0.2) is 67.7 Å². The molecule has 0 saturated carbocycles. The zero-order chi connectivity index (χ0) is 25.1. The summed E-state index contributed by atoms with van der Waals surface area (Å²) in [5.41, 5.74) is 0.939. The molecule has 11 nitrogen and oxygen atoms in total. The number of carbonyl (C=O) groups excluding carboxylic acids is 3. The van der Waals surface area contributed by atoms with Gasteiger partial charge >= 0.3 is 12.1 Å². The summed E-state index contributed by atoms with van der Waals surface area (Å²) in [7, 11) is 1.47. The number of amides is 2. The predicted molar refractivity (Wildman–Crippen MR) is 120 cm³/mol. The van der Waals surface area contributed by atoms with Gasteiger partial charge in [-0.1, -0.05) is 12.1 Å². The molecule has 0 fully saturated rings. The Morgan fingerprint density at radius 2 is 1.53 bits per heavy atom.